The first-order chi connectivity index (χ1) is 13.2. The van der Waals surface area contributed by atoms with E-state index in [1.54, 1.807) is 0 Å². The van der Waals surface area contributed by atoms with Crippen LogP contribution in [0.15, 0.2) is 40.9 Å². The number of nitrogens with one attached hydrogen (secondary N) is 1. The molecule has 6 nitrogen and oxygen atoms in total. The fourth-order valence-electron chi connectivity index (χ4n) is 3.34. The van der Waals surface area contributed by atoms with E-state index in [4.69, 9.17) is 4.74 Å². The van der Waals surface area contributed by atoms with E-state index in [0.29, 0.717) is 12.3 Å². The van der Waals surface area contributed by atoms with Gasteiger partial charge in [0.15, 0.2) is 12.4 Å². The second-order valence-corrected chi connectivity index (χ2v) is 7.63. The van der Waals surface area contributed by atoms with Gasteiger partial charge in [-0.05, 0) is 47.9 Å². The van der Waals surface area contributed by atoms with Crippen molar-refractivity contribution in [1.29, 1.82) is 0 Å². The number of aromatic nitrogens is 3. The molecule has 0 bridgehead atoms. The number of halogens is 1. The normalized spacial score (nSPS) is 13.8. The number of ether oxygens (including phenoxy) is 1. The summed E-state index contributed by atoms with van der Waals surface area (Å²) in [5.74, 6) is 2.35. The fraction of sp³-hybridized carbons (Fsp3) is 0.350. The third-order valence-corrected chi connectivity index (χ3v) is 5.27. The van der Waals surface area contributed by atoms with Crippen molar-refractivity contribution in [3.05, 3.63) is 52.5 Å². The van der Waals surface area contributed by atoms with Gasteiger partial charge in [-0.3, -0.25) is 4.79 Å². The summed E-state index contributed by atoms with van der Waals surface area (Å²) >= 11 is 3.47. The van der Waals surface area contributed by atoms with Crippen LogP contribution in [-0.4, -0.2) is 27.3 Å². The van der Waals surface area contributed by atoms with Crippen LogP contribution in [0.1, 0.15) is 30.9 Å². The highest BCUT2D eigenvalue weighted by Gasteiger charge is 2.15. The molecule has 0 atom stereocenters. The van der Waals surface area contributed by atoms with Gasteiger partial charge in [-0.2, -0.15) is 0 Å². The van der Waals surface area contributed by atoms with Gasteiger partial charge in [-0.25, -0.2) is 0 Å². The quantitative estimate of drug-likeness (QED) is 0.673. The van der Waals surface area contributed by atoms with Crippen LogP contribution in [0.4, 0.5) is 0 Å². The van der Waals surface area contributed by atoms with Crippen LogP contribution < -0.4 is 10.1 Å². The van der Waals surface area contributed by atoms with Gasteiger partial charge in [0.2, 0.25) is 0 Å². The Morgan fingerprint density at radius 3 is 2.89 bits per heavy atom. The lowest BCUT2D eigenvalue weighted by Gasteiger charge is -2.10. The lowest BCUT2D eigenvalue weighted by molar-refractivity contribution is -0.123. The van der Waals surface area contributed by atoms with E-state index < -0.39 is 0 Å². The molecule has 1 aliphatic rings. The van der Waals surface area contributed by atoms with E-state index in [1.807, 2.05) is 36.4 Å². The molecule has 2 aromatic carbocycles. The largest absolute Gasteiger partial charge is 0.484 e. The number of benzene rings is 2. The molecule has 3 aromatic rings. The van der Waals surface area contributed by atoms with Crippen LogP contribution in [-0.2, 0) is 24.3 Å². The van der Waals surface area contributed by atoms with E-state index in [-0.39, 0.29) is 12.5 Å². The zero-order chi connectivity index (χ0) is 18.6. The standard InChI is InChI=1S/C20H21BrN4O2/c21-16-7-5-15-11-17(8-6-14(15)10-16)27-13-20(26)22-12-19-24-23-18-4-2-1-3-9-25(18)19/h5-8,10-11H,1-4,9,12-13H2,(H,22,26). The van der Waals surface area contributed by atoms with Gasteiger partial charge in [0.05, 0.1) is 6.54 Å². The highest BCUT2D eigenvalue weighted by atomic mass is 79.9. The van der Waals surface area contributed by atoms with Gasteiger partial charge < -0.3 is 14.6 Å². The molecule has 0 spiro atoms. The van der Waals surface area contributed by atoms with Crippen LogP contribution in [0.25, 0.3) is 10.8 Å². The minimum Gasteiger partial charge on any atom is -0.484 e. The molecule has 140 valence electrons. The minimum absolute atomic E-state index is 0.0248. The molecule has 1 amide bonds. The fourth-order valence-corrected chi connectivity index (χ4v) is 3.72. The first kappa shape index (κ1) is 18.0. The molecule has 0 aliphatic carbocycles. The summed E-state index contributed by atoms with van der Waals surface area (Å²) in [6.45, 7) is 1.28. The monoisotopic (exact) mass is 428 g/mol. The van der Waals surface area contributed by atoms with Gasteiger partial charge in [0, 0.05) is 17.4 Å². The molecule has 4 rings (SSSR count). The highest BCUT2D eigenvalue weighted by Crippen LogP contribution is 2.24. The highest BCUT2D eigenvalue weighted by molar-refractivity contribution is 9.10. The first-order valence-electron chi connectivity index (χ1n) is 9.19. The Hall–Kier alpha value is -2.41. The van der Waals surface area contributed by atoms with Crippen LogP contribution in [0.5, 0.6) is 5.75 Å². The Morgan fingerprint density at radius 2 is 1.96 bits per heavy atom. The molecule has 1 aromatic heterocycles. The summed E-state index contributed by atoms with van der Waals surface area (Å²) in [5.41, 5.74) is 0. The molecule has 0 saturated carbocycles. The second kappa shape index (κ2) is 8.08. The topological polar surface area (TPSA) is 69.0 Å². The third kappa shape index (κ3) is 4.30. The molecule has 1 N–H and O–H groups in total. The minimum atomic E-state index is -0.170. The van der Waals surface area contributed by atoms with E-state index >= 15 is 0 Å². The zero-order valence-electron chi connectivity index (χ0n) is 14.9. The molecular weight excluding hydrogens is 408 g/mol. The van der Waals surface area contributed by atoms with Gasteiger partial charge in [0.25, 0.3) is 5.91 Å². The first-order valence-corrected chi connectivity index (χ1v) is 9.98. The molecule has 1 aliphatic heterocycles. The number of rotatable bonds is 5. The predicted molar refractivity (Wildman–Crippen MR) is 107 cm³/mol. The summed E-state index contributed by atoms with van der Waals surface area (Å²) in [6, 6.07) is 11.9. The molecule has 2 heterocycles. The molecule has 0 saturated heterocycles. The summed E-state index contributed by atoms with van der Waals surface area (Å²) in [7, 11) is 0. The lowest BCUT2D eigenvalue weighted by atomic mass is 10.1. The van der Waals surface area contributed by atoms with Crippen LogP contribution in [0.2, 0.25) is 0 Å². The van der Waals surface area contributed by atoms with E-state index in [0.717, 1.165) is 52.7 Å². The van der Waals surface area contributed by atoms with Crippen molar-refractivity contribution in [3.8, 4) is 5.75 Å². The van der Waals surface area contributed by atoms with Gasteiger partial charge >= 0.3 is 0 Å². The summed E-state index contributed by atoms with van der Waals surface area (Å²) in [5, 5.41) is 13.5. The number of fused-ring (bicyclic) bond motifs is 2. The summed E-state index contributed by atoms with van der Waals surface area (Å²) < 4.78 is 8.81. The Kier molecular flexibility index (Phi) is 5.38. The van der Waals surface area contributed by atoms with E-state index in [1.165, 1.54) is 6.42 Å². The van der Waals surface area contributed by atoms with E-state index in [2.05, 4.69) is 36.0 Å². The number of hydrogen-bond donors (Lipinski definition) is 1. The number of nitrogens with zero attached hydrogens (tertiary/aromatic N) is 3. The van der Waals surface area contributed by atoms with Crippen LogP contribution in [0, 0.1) is 0 Å². The Morgan fingerprint density at radius 1 is 1.11 bits per heavy atom. The SMILES string of the molecule is O=C(COc1ccc2cc(Br)ccc2c1)NCc1nnc2n1CCCCC2. The number of carbonyl (C=O) groups excluding carboxylic acids is 1. The maximum atomic E-state index is 12.2. The summed E-state index contributed by atoms with van der Waals surface area (Å²) in [6.07, 6.45) is 4.46. The van der Waals surface area contributed by atoms with Gasteiger partial charge in [-0.15, -0.1) is 10.2 Å². The molecule has 0 unspecified atom stereocenters. The zero-order valence-corrected chi connectivity index (χ0v) is 16.5. The van der Waals surface area contributed by atoms with Crippen LogP contribution >= 0.6 is 15.9 Å². The van der Waals surface area contributed by atoms with Crippen molar-refractivity contribution in [2.45, 2.75) is 38.8 Å². The van der Waals surface area contributed by atoms with Gasteiger partial charge in [0.1, 0.15) is 11.6 Å². The predicted octanol–water partition coefficient (Wildman–Crippen LogP) is 3.62. The van der Waals surface area contributed by atoms with Crippen molar-refractivity contribution >= 4 is 32.6 Å². The molecule has 7 heteroatoms. The van der Waals surface area contributed by atoms with Crippen molar-refractivity contribution in [1.82, 2.24) is 20.1 Å². The maximum Gasteiger partial charge on any atom is 0.258 e. The van der Waals surface area contributed by atoms with Gasteiger partial charge in [-0.1, -0.05) is 34.5 Å². The Balaban J connectivity index is 1.32. The van der Waals surface area contributed by atoms with Crippen LogP contribution in [0.3, 0.4) is 0 Å². The Labute approximate surface area is 166 Å². The Bertz CT molecular complexity index is 970. The van der Waals surface area contributed by atoms with Crippen molar-refractivity contribution < 1.29 is 9.53 Å². The smallest absolute Gasteiger partial charge is 0.258 e. The number of carbonyl (C=O) groups is 1. The molecule has 0 fully saturated rings. The number of aryl methyl sites for hydroxylation is 1. The molecular formula is C20H21BrN4O2. The summed E-state index contributed by atoms with van der Waals surface area (Å²) in [4.78, 5) is 12.2. The van der Waals surface area contributed by atoms with Crippen molar-refractivity contribution in [2.75, 3.05) is 6.61 Å². The maximum absolute atomic E-state index is 12.2. The number of hydrogen-bond acceptors (Lipinski definition) is 4. The lowest BCUT2D eigenvalue weighted by Crippen LogP contribution is -2.29. The molecule has 27 heavy (non-hydrogen) atoms. The van der Waals surface area contributed by atoms with E-state index in [9.17, 15) is 4.79 Å². The average molecular weight is 429 g/mol. The number of amides is 1. The average Bonchev–Trinajstić information content (AvgIpc) is 2.90. The molecule has 0 radical (unpaired) electrons. The van der Waals surface area contributed by atoms with Crippen molar-refractivity contribution in [2.24, 2.45) is 0 Å². The third-order valence-electron chi connectivity index (χ3n) is 4.77. The van der Waals surface area contributed by atoms with Crippen molar-refractivity contribution in [3.63, 3.8) is 0 Å². The second-order valence-electron chi connectivity index (χ2n) is 6.71.